The zero-order valence-electron chi connectivity index (χ0n) is 16.3. The first kappa shape index (κ1) is 18.9. The second-order valence-corrected chi connectivity index (χ2v) is 7.44. The third-order valence-electron chi connectivity index (χ3n) is 4.92. The Morgan fingerprint density at radius 3 is 2.54 bits per heavy atom. The highest BCUT2D eigenvalue weighted by Crippen LogP contribution is 2.33. The molecule has 2 aromatic carbocycles. The smallest absolute Gasteiger partial charge is 0.163 e. The molecule has 0 aliphatic carbocycles. The van der Waals surface area contributed by atoms with Crippen molar-refractivity contribution >= 4 is 0 Å². The maximum atomic E-state index is 9.53. The highest BCUT2D eigenvalue weighted by molar-refractivity contribution is 5.73. The molecule has 140 valence electrons. The highest BCUT2D eigenvalue weighted by Gasteiger charge is 2.33. The molecule has 0 aromatic heterocycles. The van der Waals surface area contributed by atoms with E-state index < -0.39 is 5.79 Å². The van der Waals surface area contributed by atoms with Crippen molar-refractivity contribution in [1.29, 1.82) is 0 Å². The molecule has 2 aromatic rings. The van der Waals surface area contributed by atoms with Crippen molar-refractivity contribution in [3.05, 3.63) is 52.6 Å². The normalized spacial score (nSPS) is 18.9. The van der Waals surface area contributed by atoms with Crippen LogP contribution >= 0.6 is 0 Å². The Morgan fingerprint density at radius 2 is 1.88 bits per heavy atom. The van der Waals surface area contributed by atoms with Crippen molar-refractivity contribution in [2.24, 2.45) is 0 Å². The Kier molecular flexibility index (Phi) is 5.37. The summed E-state index contributed by atoms with van der Waals surface area (Å²) in [4.78, 5) is 0. The maximum Gasteiger partial charge on any atom is 0.163 e. The van der Waals surface area contributed by atoms with E-state index in [1.807, 2.05) is 26.0 Å². The van der Waals surface area contributed by atoms with Crippen LogP contribution in [0.4, 0.5) is 0 Å². The van der Waals surface area contributed by atoms with Crippen LogP contribution in [-0.2, 0) is 16.1 Å². The first-order chi connectivity index (χ1) is 12.3. The number of aliphatic hydroxyl groups is 1. The van der Waals surface area contributed by atoms with Gasteiger partial charge in [0.05, 0.1) is 13.2 Å². The van der Waals surface area contributed by atoms with Crippen LogP contribution in [0.15, 0.2) is 30.3 Å². The molecule has 0 radical (unpaired) electrons. The van der Waals surface area contributed by atoms with Gasteiger partial charge < -0.3 is 19.3 Å². The van der Waals surface area contributed by atoms with E-state index in [0.717, 1.165) is 33.6 Å². The van der Waals surface area contributed by atoms with Gasteiger partial charge in [-0.3, -0.25) is 0 Å². The monoisotopic (exact) mass is 356 g/mol. The summed E-state index contributed by atoms with van der Waals surface area (Å²) in [6, 6.07) is 10.3. The zero-order chi connectivity index (χ0) is 18.9. The Hall–Kier alpha value is -1.88. The number of aryl methyl sites for hydroxylation is 2. The fourth-order valence-corrected chi connectivity index (χ4v) is 3.41. The highest BCUT2D eigenvalue weighted by atomic mass is 16.7. The Labute approximate surface area is 155 Å². The van der Waals surface area contributed by atoms with E-state index >= 15 is 0 Å². The number of hydrogen-bond donors (Lipinski definition) is 1. The summed E-state index contributed by atoms with van der Waals surface area (Å²) in [6.07, 6.45) is -0.0483. The minimum absolute atomic E-state index is 0.0483. The topological polar surface area (TPSA) is 47.9 Å². The first-order valence-corrected chi connectivity index (χ1v) is 9.06. The molecule has 1 heterocycles. The molecule has 0 spiro atoms. The van der Waals surface area contributed by atoms with E-state index in [4.69, 9.17) is 14.2 Å². The third kappa shape index (κ3) is 3.93. The minimum atomic E-state index is -0.530. The number of aliphatic hydroxyl groups excluding tert-OH is 1. The second kappa shape index (κ2) is 7.39. The predicted octanol–water partition coefficient (Wildman–Crippen LogP) is 4.30. The lowest BCUT2D eigenvalue weighted by molar-refractivity contribution is -0.141. The largest absolute Gasteiger partial charge is 0.491 e. The molecule has 0 amide bonds. The van der Waals surface area contributed by atoms with Gasteiger partial charge in [0.2, 0.25) is 0 Å². The Bertz CT molecular complexity index is 795. The molecule has 4 nitrogen and oxygen atoms in total. The first-order valence-electron chi connectivity index (χ1n) is 9.06. The van der Waals surface area contributed by atoms with Crippen molar-refractivity contribution in [2.75, 3.05) is 13.2 Å². The quantitative estimate of drug-likeness (QED) is 0.868. The van der Waals surface area contributed by atoms with E-state index in [-0.39, 0.29) is 12.7 Å². The Morgan fingerprint density at radius 1 is 1.12 bits per heavy atom. The van der Waals surface area contributed by atoms with E-state index in [1.54, 1.807) is 0 Å². The average Bonchev–Trinajstić information content (AvgIpc) is 2.95. The van der Waals surface area contributed by atoms with E-state index in [1.165, 1.54) is 5.56 Å². The summed E-state index contributed by atoms with van der Waals surface area (Å²) in [7, 11) is 0. The lowest BCUT2D eigenvalue weighted by Crippen LogP contribution is -2.25. The molecule has 1 atom stereocenters. The molecule has 1 aliphatic rings. The second-order valence-electron chi connectivity index (χ2n) is 7.44. The van der Waals surface area contributed by atoms with Gasteiger partial charge in [0.25, 0.3) is 0 Å². The summed E-state index contributed by atoms with van der Waals surface area (Å²) in [6.45, 7) is 11.1. The van der Waals surface area contributed by atoms with Crippen LogP contribution in [-0.4, -0.2) is 30.2 Å². The lowest BCUT2D eigenvalue weighted by atomic mass is 9.92. The molecule has 0 saturated carbocycles. The SMILES string of the molecule is Cc1cc(-c2cccc(CO)c2C)c(C)cc1OCC1COC(C)(C)O1. The van der Waals surface area contributed by atoms with Crippen molar-refractivity contribution in [1.82, 2.24) is 0 Å². The molecule has 0 bridgehead atoms. The summed E-state index contributed by atoms with van der Waals surface area (Å²) >= 11 is 0. The van der Waals surface area contributed by atoms with Gasteiger partial charge in [-0.05, 0) is 80.1 Å². The number of rotatable bonds is 5. The Balaban J connectivity index is 1.81. The summed E-state index contributed by atoms with van der Waals surface area (Å²) in [5.74, 6) is 0.341. The lowest BCUT2D eigenvalue weighted by Gasteiger charge is -2.19. The molecule has 1 unspecified atom stereocenters. The van der Waals surface area contributed by atoms with Crippen LogP contribution < -0.4 is 4.74 Å². The fourth-order valence-electron chi connectivity index (χ4n) is 3.41. The molecular weight excluding hydrogens is 328 g/mol. The number of ether oxygens (including phenoxy) is 3. The number of hydrogen-bond acceptors (Lipinski definition) is 4. The fraction of sp³-hybridized carbons (Fsp3) is 0.455. The van der Waals surface area contributed by atoms with Crippen molar-refractivity contribution in [3.63, 3.8) is 0 Å². The van der Waals surface area contributed by atoms with Crippen molar-refractivity contribution < 1.29 is 19.3 Å². The summed E-state index contributed by atoms with van der Waals surface area (Å²) in [5.41, 5.74) is 6.62. The predicted molar refractivity (Wildman–Crippen MR) is 102 cm³/mol. The van der Waals surface area contributed by atoms with Gasteiger partial charge in [-0.2, -0.15) is 0 Å². The summed E-state index contributed by atoms with van der Waals surface area (Å²) < 4.78 is 17.4. The van der Waals surface area contributed by atoms with Gasteiger partial charge in [-0.1, -0.05) is 18.2 Å². The van der Waals surface area contributed by atoms with Gasteiger partial charge >= 0.3 is 0 Å². The molecule has 26 heavy (non-hydrogen) atoms. The molecule has 1 N–H and O–H groups in total. The average molecular weight is 356 g/mol. The minimum Gasteiger partial charge on any atom is -0.491 e. The standard InChI is InChI=1S/C22H28O4/c1-14-10-21(24-12-18-13-25-22(4,5)26-18)15(2)9-20(14)19-8-6-7-17(11-23)16(19)3/h6-10,18,23H,11-13H2,1-5H3. The number of benzene rings is 2. The third-order valence-corrected chi connectivity index (χ3v) is 4.92. The van der Waals surface area contributed by atoms with Crippen LogP contribution in [0.3, 0.4) is 0 Å². The summed E-state index contributed by atoms with van der Waals surface area (Å²) in [5, 5.41) is 9.53. The van der Waals surface area contributed by atoms with E-state index in [2.05, 4.69) is 39.0 Å². The molecular formula is C22H28O4. The van der Waals surface area contributed by atoms with Crippen LogP contribution in [0.25, 0.3) is 11.1 Å². The van der Waals surface area contributed by atoms with Gasteiger partial charge in [-0.25, -0.2) is 0 Å². The zero-order valence-corrected chi connectivity index (χ0v) is 16.3. The molecule has 1 aliphatic heterocycles. The van der Waals surface area contributed by atoms with Gasteiger partial charge in [-0.15, -0.1) is 0 Å². The van der Waals surface area contributed by atoms with E-state index in [9.17, 15) is 5.11 Å². The molecule has 1 fully saturated rings. The molecule has 4 heteroatoms. The van der Waals surface area contributed by atoms with Crippen LogP contribution in [0.2, 0.25) is 0 Å². The van der Waals surface area contributed by atoms with Gasteiger partial charge in [0.1, 0.15) is 18.5 Å². The maximum absolute atomic E-state index is 9.53. The van der Waals surface area contributed by atoms with Crippen LogP contribution in [0.5, 0.6) is 5.75 Å². The molecule has 1 saturated heterocycles. The van der Waals surface area contributed by atoms with Gasteiger partial charge in [0, 0.05) is 0 Å². The van der Waals surface area contributed by atoms with Crippen molar-refractivity contribution in [2.45, 2.75) is 53.1 Å². The van der Waals surface area contributed by atoms with Crippen molar-refractivity contribution in [3.8, 4) is 16.9 Å². The molecule has 3 rings (SSSR count). The van der Waals surface area contributed by atoms with Crippen LogP contribution in [0.1, 0.15) is 36.1 Å². The van der Waals surface area contributed by atoms with Crippen LogP contribution in [0, 0.1) is 20.8 Å². The van der Waals surface area contributed by atoms with Gasteiger partial charge in [0.15, 0.2) is 5.79 Å². The van der Waals surface area contributed by atoms with E-state index in [0.29, 0.717) is 13.2 Å².